The molecule has 0 aliphatic rings. The van der Waals surface area contributed by atoms with Crippen LogP contribution in [0.25, 0.3) is 11.3 Å². The van der Waals surface area contributed by atoms with Crippen LogP contribution in [0.15, 0.2) is 95.8 Å². The second-order valence-electron chi connectivity index (χ2n) is 6.98. The number of amides is 2. The molecular formula is C25H18FN3O3. The molecule has 0 bridgehead atoms. The Bertz CT molecular complexity index is 1350. The van der Waals surface area contributed by atoms with Gasteiger partial charge in [0.1, 0.15) is 11.4 Å². The van der Waals surface area contributed by atoms with Crippen LogP contribution in [-0.2, 0) is 0 Å². The van der Waals surface area contributed by atoms with Crippen molar-refractivity contribution in [2.75, 3.05) is 10.6 Å². The molecule has 4 aromatic rings. The minimum atomic E-state index is -0.603. The van der Waals surface area contributed by atoms with E-state index in [-0.39, 0.29) is 11.1 Å². The summed E-state index contributed by atoms with van der Waals surface area (Å²) in [6.45, 7) is 0. The first-order chi connectivity index (χ1) is 15.5. The van der Waals surface area contributed by atoms with Gasteiger partial charge < -0.3 is 15.6 Å². The molecule has 158 valence electrons. The molecule has 1 heterocycles. The van der Waals surface area contributed by atoms with Crippen LogP contribution in [0.2, 0.25) is 0 Å². The number of nitrogens with one attached hydrogen (secondary N) is 3. The van der Waals surface area contributed by atoms with Crippen LogP contribution in [0.4, 0.5) is 15.8 Å². The highest BCUT2D eigenvalue weighted by Crippen LogP contribution is 2.17. The van der Waals surface area contributed by atoms with Crippen molar-refractivity contribution in [2.24, 2.45) is 0 Å². The molecule has 4 rings (SSSR count). The first-order valence-electron chi connectivity index (χ1n) is 9.77. The van der Waals surface area contributed by atoms with Crippen LogP contribution in [0, 0.1) is 5.82 Å². The first-order valence-corrected chi connectivity index (χ1v) is 9.77. The van der Waals surface area contributed by atoms with E-state index in [1.54, 1.807) is 30.3 Å². The predicted octanol–water partition coefficient (Wildman–Crippen LogP) is 4.69. The minimum Gasteiger partial charge on any atom is -0.322 e. The summed E-state index contributed by atoms with van der Waals surface area (Å²) in [6.07, 6.45) is 0. The molecule has 0 spiro atoms. The third kappa shape index (κ3) is 4.79. The molecule has 3 aromatic carbocycles. The van der Waals surface area contributed by atoms with Crippen molar-refractivity contribution in [3.05, 3.63) is 118 Å². The van der Waals surface area contributed by atoms with Crippen LogP contribution >= 0.6 is 0 Å². The van der Waals surface area contributed by atoms with Crippen LogP contribution in [0.3, 0.4) is 0 Å². The van der Waals surface area contributed by atoms with E-state index in [1.807, 2.05) is 30.3 Å². The number of rotatable bonds is 5. The Balaban J connectivity index is 1.49. The molecule has 0 atom stereocenters. The van der Waals surface area contributed by atoms with Crippen molar-refractivity contribution >= 4 is 23.2 Å². The molecule has 0 saturated carbocycles. The molecule has 6 nitrogen and oxygen atoms in total. The topological polar surface area (TPSA) is 91.1 Å². The monoisotopic (exact) mass is 427 g/mol. The maximum atomic E-state index is 13.3. The molecule has 0 aliphatic heterocycles. The second-order valence-corrected chi connectivity index (χ2v) is 6.98. The minimum absolute atomic E-state index is 0.0562. The summed E-state index contributed by atoms with van der Waals surface area (Å²) in [6, 6.07) is 24.2. The van der Waals surface area contributed by atoms with Crippen LogP contribution in [0.5, 0.6) is 0 Å². The zero-order chi connectivity index (χ0) is 22.5. The van der Waals surface area contributed by atoms with Crippen LogP contribution in [0.1, 0.15) is 20.7 Å². The molecular weight excluding hydrogens is 409 g/mol. The number of hydrogen-bond donors (Lipinski definition) is 3. The molecule has 32 heavy (non-hydrogen) atoms. The van der Waals surface area contributed by atoms with Crippen molar-refractivity contribution < 1.29 is 14.0 Å². The van der Waals surface area contributed by atoms with Gasteiger partial charge in [0.2, 0.25) is 0 Å². The van der Waals surface area contributed by atoms with Gasteiger partial charge in [0.15, 0.2) is 0 Å². The number of pyridine rings is 1. The number of halogens is 1. The number of carbonyl (C=O) groups is 2. The molecule has 7 heteroatoms. The van der Waals surface area contributed by atoms with E-state index in [9.17, 15) is 18.8 Å². The van der Waals surface area contributed by atoms with Gasteiger partial charge in [-0.3, -0.25) is 14.4 Å². The summed E-state index contributed by atoms with van der Waals surface area (Å²) in [5.74, 6) is -1.53. The summed E-state index contributed by atoms with van der Waals surface area (Å²) >= 11 is 0. The van der Waals surface area contributed by atoms with E-state index in [0.717, 1.165) is 5.56 Å². The number of hydrogen-bond acceptors (Lipinski definition) is 3. The SMILES string of the molecule is O=C(Nc1cccc(F)c1)c1cccc(NC(=O)c2ccc(-c3ccccc3)[nH]c2=O)c1. The molecule has 0 fully saturated rings. The van der Waals surface area contributed by atoms with Gasteiger partial charge in [-0.25, -0.2) is 4.39 Å². The van der Waals surface area contributed by atoms with Gasteiger partial charge in [-0.1, -0.05) is 42.5 Å². The molecule has 3 N–H and O–H groups in total. The zero-order valence-electron chi connectivity index (χ0n) is 16.8. The van der Waals surface area contributed by atoms with Crippen LogP contribution < -0.4 is 16.2 Å². The van der Waals surface area contributed by atoms with Gasteiger partial charge in [-0.2, -0.15) is 0 Å². The average molecular weight is 427 g/mol. The summed E-state index contributed by atoms with van der Waals surface area (Å²) in [4.78, 5) is 40.2. The fourth-order valence-corrected chi connectivity index (χ4v) is 3.14. The van der Waals surface area contributed by atoms with Crippen molar-refractivity contribution in [3.63, 3.8) is 0 Å². The lowest BCUT2D eigenvalue weighted by Crippen LogP contribution is -2.23. The van der Waals surface area contributed by atoms with E-state index in [1.165, 1.54) is 30.3 Å². The highest BCUT2D eigenvalue weighted by atomic mass is 19.1. The molecule has 0 saturated heterocycles. The fourth-order valence-electron chi connectivity index (χ4n) is 3.14. The largest absolute Gasteiger partial charge is 0.322 e. The summed E-state index contributed by atoms with van der Waals surface area (Å²) in [7, 11) is 0. The fraction of sp³-hybridized carbons (Fsp3) is 0. The number of carbonyl (C=O) groups excluding carboxylic acids is 2. The van der Waals surface area contributed by atoms with E-state index < -0.39 is 23.2 Å². The highest BCUT2D eigenvalue weighted by molar-refractivity contribution is 6.07. The van der Waals surface area contributed by atoms with E-state index in [2.05, 4.69) is 15.6 Å². The quantitative estimate of drug-likeness (QED) is 0.432. The summed E-state index contributed by atoms with van der Waals surface area (Å²) < 4.78 is 13.3. The Labute approximate surface area is 182 Å². The summed E-state index contributed by atoms with van der Waals surface area (Å²) in [5.41, 5.74) is 1.77. The normalized spacial score (nSPS) is 10.4. The van der Waals surface area contributed by atoms with Crippen molar-refractivity contribution in [1.82, 2.24) is 4.98 Å². The van der Waals surface area contributed by atoms with Crippen molar-refractivity contribution in [1.29, 1.82) is 0 Å². The molecule has 2 amide bonds. The third-order valence-electron chi connectivity index (χ3n) is 4.70. The van der Waals surface area contributed by atoms with Crippen LogP contribution in [-0.4, -0.2) is 16.8 Å². The van der Waals surface area contributed by atoms with Gasteiger partial charge in [0, 0.05) is 22.6 Å². The van der Waals surface area contributed by atoms with Gasteiger partial charge in [0.05, 0.1) is 0 Å². The molecule has 0 aliphatic carbocycles. The molecule has 0 radical (unpaired) electrons. The lowest BCUT2D eigenvalue weighted by atomic mass is 10.1. The third-order valence-corrected chi connectivity index (χ3v) is 4.70. The average Bonchev–Trinajstić information content (AvgIpc) is 2.79. The van der Waals surface area contributed by atoms with Gasteiger partial charge in [-0.05, 0) is 54.1 Å². The van der Waals surface area contributed by atoms with E-state index in [0.29, 0.717) is 17.1 Å². The Kier molecular flexibility index (Phi) is 5.89. The zero-order valence-corrected chi connectivity index (χ0v) is 16.8. The summed E-state index contributed by atoms with van der Waals surface area (Å²) in [5, 5.41) is 5.22. The smallest absolute Gasteiger partial charge is 0.261 e. The predicted molar refractivity (Wildman–Crippen MR) is 121 cm³/mol. The number of anilines is 2. The Morgan fingerprint density at radius 2 is 1.41 bits per heavy atom. The van der Waals surface area contributed by atoms with Crippen molar-refractivity contribution in [2.45, 2.75) is 0 Å². The van der Waals surface area contributed by atoms with E-state index in [4.69, 9.17) is 0 Å². The number of H-pyrrole nitrogens is 1. The van der Waals surface area contributed by atoms with Gasteiger partial charge in [0.25, 0.3) is 17.4 Å². The standard InChI is InChI=1S/C25H18FN3O3/c26-18-9-5-11-20(15-18)27-23(30)17-8-4-10-19(14-17)28-24(31)21-12-13-22(29-25(21)32)16-6-2-1-3-7-16/h1-15H,(H,27,30)(H,28,31)(H,29,32). The lowest BCUT2D eigenvalue weighted by Gasteiger charge is -2.09. The first kappa shape index (κ1) is 20.7. The Hall–Kier alpha value is -4.52. The number of aromatic nitrogens is 1. The van der Waals surface area contributed by atoms with Crippen molar-refractivity contribution in [3.8, 4) is 11.3 Å². The lowest BCUT2D eigenvalue weighted by molar-refractivity contribution is 0.101. The molecule has 0 unspecified atom stereocenters. The number of benzene rings is 3. The van der Waals surface area contributed by atoms with Gasteiger partial charge in [-0.15, -0.1) is 0 Å². The van der Waals surface area contributed by atoms with E-state index >= 15 is 0 Å². The second kappa shape index (κ2) is 9.09. The maximum absolute atomic E-state index is 13.3. The van der Waals surface area contributed by atoms with Gasteiger partial charge >= 0.3 is 0 Å². The maximum Gasteiger partial charge on any atom is 0.261 e. The Morgan fingerprint density at radius 3 is 2.12 bits per heavy atom. The highest BCUT2D eigenvalue weighted by Gasteiger charge is 2.13. The number of aromatic amines is 1. The Morgan fingerprint density at radius 1 is 0.719 bits per heavy atom. The molecule has 1 aromatic heterocycles.